The first-order valence-electron chi connectivity index (χ1n) is 11.8. The van der Waals surface area contributed by atoms with Gasteiger partial charge in [0, 0.05) is 55.5 Å². The highest BCUT2D eigenvalue weighted by Gasteiger charge is 2.31. The first-order valence-corrected chi connectivity index (χ1v) is 11.8. The van der Waals surface area contributed by atoms with Crippen LogP contribution in [0.5, 0.6) is 0 Å². The SMILES string of the molecule is C[C@@H]1CN(c2ccc3c(c2)Cn2cc(-c4ccc(C#N)cc4)cc2-c2nccn2-3)C[C@H]1N(C)C. The summed E-state index contributed by atoms with van der Waals surface area (Å²) in [5.41, 5.74) is 7.79. The smallest absolute Gasteiger partial charge is 0.161 e. The van der Waals surface area contributed by atoms with Gasteiger partial charge in [-0.1, -0.05) is 19.1 Å². The van der Waals surface area contributed by atoms with Gasteiger partial charge >= 0.3 is 0 Å². The van der Waals surface area contributed by atoms with E-state index in [1.807, 2.05) is 30.5 Å². The standard InChI is InChI=1S/C28H28N6/c1-19-15-32(18-27(19)31(2)3)24-8-9-25-23(12-24)17-33-16-22(21-6-4-20(14-29)5-7-21)13-26(33)28-30-10-11-34(25)28/h4-13,16,19,27H,15,17-18H2,1-3H3/t19-,27-/m1/s1. The highest BCUT2D eigenvalue weighted by molar-refractivity contribution is 5.72. The van der Waals surface area contributed by atoms with E-state index in [4.69, 9.17) is 10.2 Å². The fourth-order valence-corrected chi connectivity index (χ4v) is 5.56. The number of hydrogen-bond acceptors (Lipinski definition) is 4. The number of fused-ring (bicyclic) bond motifs is 5. The van der Waals surface area contributed by atoms with Crippen molar-refractivity contribution in [3.05, 3.63) is 78.2 Å². The molecule has 0 bridgehead atoms. The van der Waals surface area contributed by atoms with E-state index in [0.29, 0.717) is 17.5 Å². The highest BCUT2D eigenvalue weighted by Crippen LogP contribution is 2.36. The summed E-state index contributed by atoms with van der Waals surface area (Å²) in [6, 6.07) is 19.6. The van der Waals surface area contributed by atoms with Crippen LogP contribution in [0.2, 0.25) is 0 Å². The minimum atomic E-state index is 0.574. The van der Waals surface area contributed by atoms with Gasteiger partial charge in [0.15, 0.2) is 5.82 Å². The molecule has 0 saturated carbocycles. The van der Waals surface area contributed by atoms with E-state index < -0.39 is 0 Å². The Morgan fingerprint density at radius 2 is 1.85 bits per heavy atom. The summed E-state index contributed by atoms with van der Waals surface area (Å²) in [5.74, 6) is 1.59. The minimum Gasteiger partial charge on any atom is -0.370 e. The van der Waals surface area contributed by atoms with Crippen molar-refractivity contribution in [2.24, 2.45) is 5.92 Å². The molecule has 2 aromatic heterocycles. The van der Waals surface area contributed by atoms with Crippen molar-refractivity contribution < 1.29 is 0 Å². The molecule has 2 aliphatic rings. The number of benzene rings is 2. The summed E-state index contributed by atoms with van der Waals surface area (Å²) in [7, 11) is 4.36. The van der Waals surface area contributed by atoms with E-state index in [0.717, 1.165) is 42.3 Å². The van der Waals surface area contributed by atoms with E-state index in [1.54, 1.807) is 0 Å². The van der Waals surface area contributed by atoms with Crippen LogP contribution in [0.15, 0.2) is 67.1 Å². The van der Waals surface area contributed by atoms with E-state index in [2.05, 4.69) is 82.7 Å². The van der Waals surface area contributed by atoms with Gasteiger partial charge < -0.3 is 14.4 Å². The molecule has 170 valence electrons. The molecule has 2 aliphatic heterocycles. The number of likely N-dealkylation sites (N-methyl/N-ethyl adjacent to an activating group) is 1. The second-order valence-corrected chi connectivity index (χ2v) is 9.78. The maximum atomic E-state index is 9.13. The average Bonchev–Trinajstić information content (AvgIpc) is 3.56. The van der Waals surface area contributed by atoms with Gasteiger partial charge in [-0.05, 0) is 67.5 Å². The molecule has 34 heavy (non-hydrogen) atoms. The molecule has 0 amide bonds. The van der Waals surface area contributed by atoms with Crippen LogP contribution in [-0.4, -0.2) is 52.2 Å². The molecule has 0 aliphatic carbocycles. The van der Waals surface area contributed by atoms with E-state index in [1.165, 1.54) is 16.9 Å². The summed E-state index contributed by atoms with van der Waals surface area (Å²) in [6.45, 7) is 5.28. The number of nitriles is 1. The Bertz CT molecular complexity index is 1400. The maximum Gasteiger partial charge on any atom is 0.161 e. The van der Waals surface area contributed by atoms with Crippen LogP contribution in [0, 0.1) is 17.2 Å². The monoisotopic (exact) mass is 448 g/mol. The zero-order valence-corrected chi connectivity index (χ0v) is 19.8. The maximum absolute atomic E-state index is 9.13. The number of aromatic nitrogens is 3. The molecule has 0 spiro atoms. The molecule has 6 rings (SSSR count). The fourth-order valence-electron chi connectivity index (χ4n) is 5.56. The van der Waals surface area contributed by atoms with Crippen LogP contribution in [0.4, 0.5) is 5.69 Å². The van der Waals surface area contributed by atoms with Crippen molar-refractivity contribution in [2.75, 3.05) is 32.1 Å². The zero-order valence-electron chi connectivity index (χ0n) is 19.8. The third kappa shape index (κ3) is 3.32. The topological polar surface area (TPSA) is 53.0 Å². The molecule has 6 nitrogen and oxygen atoms in total. The summed E-state index contributed by atoms with van der Waals surface area (Å²) in [4.78, 5) is 9.59. The number of imidazole rings is 1. The molecular formula is C28H28N6. The molecule has 1 saturated heterocycles. The normalized spacial score (nSPS) is 18.9. The van der Waals surface area contributed by atoms with Gasteiger partial charge in [0.05, 0.1) is 23.0 Å². The third-order valence-corrected chi connectivity index (χ3v) is 7.38. The van der Waals surface area contributed by atoms with Crippen LogP contribution in [0.1, 0.15) is 18.1 Å². The first-order chi connectivity index (χ1) is 16.5. The Hall–Kier alpha value is -3.82. The van der Waals surface area contributed by atoms with Crippen molar-refractivity contribution in [1.82, 2.24) is 19.0 Å². The Kier molecular flexibility index (Phi) is 4.82. The molecule has 6 heteroatoms. The largest absolute Gasteiger partial charge is 0.370 e. The van der Waals surface area contributed by atoms with Crippen LogP contribution in [-0.2, 0) is 6.54 Å². The van der Waals surface area contributed by atoms with E-state index in [9.17, 15) is 0 Å². The zero-order chi connectivity index (χ0) is 23.4. The van der Waals surface area contributed by atoms with E-state index in [-0.39, 0.29) is 0 Å². The number of hydrogen-bond donors (Lipinski definition) is 0. The van der Waals surface area contributed by atoms with Gasteiger partial charge in [-0.3, -0.25) is 4.57 Å². The Balaban J connectivity index is 1.40. The van der Waals surface area contributed by atoms with Gasteiger partial charge in [0.1, 0.15) is 0 Å². The molecule has 0 unspecified atom stereocenters. The Morgan fingerprint density at radius 3 is 2.59 bits per heavy atom. The minimum absolute atomic E-state index is 0.574. The van der Waals surface area contributed by atoms with Crippen molar-refractivity contribution in [3.8, 4) is 34.4 Å². The third-order valence-electron chi connectivity index (χ3n) is 7.38. The summed E-state index contributed by atoms with van der Waals surface area (Å²) in [5, 5.41) is 9.13. The lowest BCUT2D eigenvalue weighted by atomic mass is 10.1. The van der Waals surface area contributed by atoms with Gasteiger partial charge in [-0.25, -0.2) is 4.98 Å². The summed E-state index contributed by atoms with van der Waals surface area (Å²) >= 11 is 0. The van der Waals surface area contributed by atoms with Crippen molar-refractivity contribution >= 4 is 5.69 Å². The van der Waals surface area contributed by atoms with Gasteiger partial charge in [0.2, 0.25) is 0 Å². The Morgan fingerprint density at radius 1 is 1.03 bits per heavy atom. The van der Waals surface area contributed by atoms with Crippen molar-refractivity contribution in [1.29, 1.82) is 5.26 Å². The second kappa shape index (κ2) is 7.89. The lowest BCUT2D eigenvalue weighted by Gasteiger charge is -2.23. The van der Waals surface area contributed by atoms with Crippen LogP contribution < -0.4 is 4.90 Å². The van der Waals surface area contributed by atoms with Crippen LogP contribution >= 0.6 is 0 Å². The average molecular weight is 449 g/mol. The predicted molar refractivity (Wildman–Crippen MR) is 135 cm³/mol. The Labute approximate surface area is 200 Å². The van der Waals surface area contributed by atoms with Crippen molar-refractivity contribution in [2.45, 2.75) is 19.5 Å². The quantitative estimate of drug-likeness (QED) is 0.404. The number of nitrogens with zero attached hydrogens (tertiary/aromatic N) is 6. The molecule has 1 fully saturated rings. The number of anilines is 1. The fraction of sp³-hybridized carbons (Fsp3) is 0.286. The molecule has 2 atom stereocenters. The van der Waals surface area contributed by atoms with Crippen molar-refractivity contribution in [3.63, 3.8) is 0 Å². The molecule has 4 aromatic rings. The highest BCUT2D eigenvalue weighted by atomic mass is 15.2. The first kappa shape index (κ1) is 20.8. The molecule has 2 aromatic carbocycles. The second-order valence-electron chi connectivity index (χ2n) is 9.78. The van der Waals surface area contributed by atoms with Gasteiger partial charge in [-0.15, -0.1) is 0 Å². The summed E-state index contributed by atoms with van der Waals surface area (Å²) in [6.07, 6.45) is 6.14. The van der Waals surface area contributed by atoms with Crippen LogP contribution in [0.25, 0.3) is 28.3 Å². The molecular weight excluding hydrogens is 420 g/mol. The van der Waals surface area contributed by atoms with E-state index >= 15 is 0 Å². The van der Waals surface area contributed by atoms with Gasteiger partial charge in [0.25, 0.3) is 0 Å². The molecule has 4 heterocycles. The molecule has 0 N–H and O–H groups in total. The van der Waals surface area contributed by atoms with Crippen LogP contribution in [0.3, 0.4) is 0 Å². The van der Waals surface area contributed by atoms with Gasteiger partial charge in [-0.2, -0.15) is 5.26 Å². The number of rotatable bonds is 3. The lowest BCUT2D eigenvalue weighted by molar-refractivity contribution is 0.266. The summed E-state index contributed by atoms with van der Waals surface area (Å²) < 4.78 is 4.51. The molecule has 0 radical (unpaired) electrons. The lowest BCUT2D eigenvalue weighted by Crippen LogP contribution is -2.34. The predicted octanol–water partition coefficient (Wildman–Crippen LogP) is 4.63.